The predicted molar refractivity (Wildman–Crippen MR) is 64.2 cm³/mol. The topological polar surface area (TPSA) is 24.5 Å². The largest absolute Gasteiger partial charge is 0.377 e. The Bertz CT molecular complexity index is 156. The number of nitrogens with zero attached hydrogens (tertiary/aromatic N) is 1. The summed E-state index contributed by atoms with van der Waals surface area (Å²) in [4.78, 5) is 2.42. The molecule has 1 saturated heterocycles. The van der Waals surface area contributed by atoms with Crippen LogP contribution in [0, 0.1) is 5.92 Å². The summed E-state index contributed by atoms with van der Waals surface area (Å²) in [6.07, 6.45) is 3.03. The van der Waals surface area contributed by atoms with Gasteiger partial charge < -0.3 is 15.0 Å². The Morgan fingerprint density at radius 2 is 2.07 bits per heavy atom. The number of piperidine rings is 1. The molecule has 15 heavy (non-hydrogen) atoms. The van der Waals surface area contributed by atoms with Crippen molar-refractivity contribution in [1.29, 1.82) is 0 Å². The second kappa shape index (κ2) is 7.20. The Morgan fingerprint density at radius 1 is 1.40 bits per heavy atom. The van der Waals surface area contributed by atoms with Gasteiger partial charge >= 0.3 is 0 Å². The average Bonchev–Trinajstić information content (AvgIpc) is 2.21. The number of hydrogen-bond acceptors (Lipinski definition) is 3. The molecule has 0 aromatic rings. The Kier molecular flexibility index (Phi) is 6.22. The highest BCUT2D eigenvalue weighted by molar-refractivity contribution is 4.72. The second-order valence-corrected chi connectivity index (χ2v) is 4.67. The SMILES string of the molecule is CCOC(C)CNCC1CCN(C)CC1. The molecule has 0 amide bonds. The zero-order valence-corrected chi connectivity index (χ0v) is 10.5. The van der Waals surface area contributed by atoms with Crippen LogP contribution in [0.25, 0.3) is 0 Å². The van der Waals surface area contributed by atoms with Crippen LogP contribution in [0.4, 0.5) is 0 Å². The van der Waals surface area contributed by atoms with Crippen molar-refractivity contribution in [2.24, 2.45) is 5.92 Å². The van der Waals surface area contributed by atoms with Gasteiger partial charge in [0.1, 0.15) is 0 Å². The Balaban J connectivity index is 2.00. The summed E-state index contributed by atoms with van der Waals surface area (Å²) >= 11 is 0. The first-order valence-corrected chi connectivity index (χ1v) is 6.23. The van der Waals surface area contributed by atoms with E-state index >= 15 is 0 Å². The van der Waals surface area contributed by atoms with Crippen LogP contribution in [0.3, 0.4) is 0 Å². The van der Waals surface area contributed by atoms with Crippen LogP contribution in [0.1, 0.15) is 26.7 Å². The van der Waals surface area contributed by atoms with E-state index < -0.39 is 0 Å². The van der Waals surface area contributed by atoms with E-state index in [9.17, 15) is 0 Å². The number of likely N-dealkylation sites (tertiary alicyclic amines) is 1. The molecule has 1 heterocycles. The number of nitrogens with one attached hydrogen (secondary N) is 1. The van der Waals surface area contributed by atoms with Gasteiger partial charge in [-0.15, -0.1) is 0 Å². The third-order valence-electron chi connectivity index (χ3n) is 3.15. The summed E-state index contributed by atoms with van der Waals surface area (Å²) in [5.41, 5.74) is 0. The third-order valence-corrected chi connectivity index (χ3v) is 3.15. The van der Waals surface area contributed by atoms with Crippen molar-refractivity contribution in [3.63, 3.8) is 0 Å². The predicted octanol–water partition coefficient (Wildman–Crippen LogP) is 1.34. The van der Waals surface area contributed by atoms with Crippen molar-refractivity contribution in [2.45, 2.75) is 32.8 Å². The molecular formula is C12H26N2O. The molecule has 1 rings (SSSR count). The van der Waals surface area contributed by atoms with Gasteiger partial charge in [0.05, 0.1) is 6.10 Å². The first-order chi connectivity index (χ1) is 7.22. The van der Waals surface area contributed by atoms with Crippen molar-refractivity contribution in [1.82, 2.24) is 10.2 Å². The molecule has 1 fully saturated rings. The summed E-state index contributed by atoms with van der Waals surface area (Å²) in [6.45, 7) is 9.65. The van der Waals surface area contributed by atoms with Gasteiger partial charge in [0.2, 0.25) is 0 Å². The lowest BCUT2D eigenvalue weighted by molar-refractivity contribution is 0.0745. The van der Waals surface area contributed by atoms with E-state index in [-0.39, 0.29) is 0 Å². The van der Waals surface area contributed by atoms with Crippen molar-refractivity contribution in [3.8, 4) is 0 Å². The lowest BCUT2D eigenvalue weighted by atomic mass is 9.97. The standard InChI is InChI=1S/C12H26N2O/c1-4-15-11(2)9-13-10-12-5-7-14(3)8-6-12/h11-13H,4-10H2,1-3H3. The van der Waals surface area contributed by atoms with Gasteiger partial charge in [-0.25, -0.2) is 0 Å². The smallest absolute Gasteiger partial charge is 0.0671 e. The van der Waals surface area contributed by atoms with E-state index in [0.717, 1.165) is 25.6 Å². The zero-order chi connectivity index (χ0) is 11.1. The molecule has 1 aliphatic heterocycles. The molecule has 0 aliphatic carbocycles. The van der Waals surface area contributed by atoms with Crippen LogP contribution < -0.4 is 5.32 Å². The molecule has 1 unspecified atom stereocenters. The first-order valence-electron chi connectivity index (χ1n) is 6.23. The molecule has 1 N–H and O–H groups in total. The van der Waals surface area contributed by atoms with E-state index in [0.29, 0.717) is 6.10 Å². The van der Waals surface area contributed by atoms with E-state index in [4.69, 9.17) is 4.74 Å². The van der Waals surface area contributed by atoms with Crippen molar-refractivity contribution in [3.05, 3.63) is 0 Å². The highest BCUT2D eigenvalue weighted by atomic mass is 16.5. The van der Waals surface area contributed by atoms with Gasteiger partial charge in [-0.05, 0) is 59.3 Å². The quantitative estimate of drug-likeness (QED) is 0.722. The Hall–Kier alpha value is -0.120. The molecular weight excluding hydrogens is 188 g/mol. The fourth-order valence-corrected chi connectivity index (χ4v) is 2.10. The molecule has 3 nitrogen and oxygen atoms in total. The second-order valence-electron chi connectivity index (χ2n) is 4.67. The van der Waals surface area contributed by atoms with Gasteiger partial charge in [0, 0.05) is 13.2 Å². The minimum Gasteiger partial charge on any atom is -0.377 e. The molecule has 0 saturated carbocycles. The van der Waals surface area contributed by atoms with Crippen LogP contribution in [0.15, 0.2) is 0 Å². The summed E-state index contributed by atoms with van der Waals surface area (Å²) < 4.78 is 5.48. The Morgan fingerprint density at radius 3 is 2.67 bits per heavy atom. The van der Waals surface area contributed by atoms with Crippen LogP contribution in [-0.2, 0) is 4.74 Å². The maximum absolute atomic E-state index is 5.48. The molecule has 0 spiro atoms. The fourth-order valence-electron chi connectivity index (χ4n) is 2.10. The zero-order valence-electron chi connectivity index (χ0n) is 10.5. The Labute approximate surface area is 94.2 Å². The summed E-state index contributed by atoms with van der Waals surface area (Å²) in [6, 6.07) is 0. The van der Waals surface area contributed by atoms with Gasteiger partial charge in [0.25, 0.3) is 0 Å². The fraction of sp³-hybridized carbons (Fsp3) is 1.00. The van der Waals surface area contributed by atoms with Gasteiger partial charge in [0.15, 0.2) is 0 Å². The van der Waals surface area contributed by atoms with Gasteiger partial charge in [-0.3, -0.25) is 0 Å². The van der Waals surface area contributed by atoms with E-state index in [1.54, 1.807) is 0 Å². The van der Waals surface area contributed by atoms with Crippen LogP contribution in [0.2, 0.25) is 0 Å². The average molecular weight is 214 g/mol. The number of hydrogen-bond donors (Lipinski definition) is 1. The maximum atomic E-state index is 5.48. The highest BCUT2D eigenvalue weighted by Gasteiger charge is 2.16. The normalized spacial score (nSPS) is 21.8. The van der Waals surface area contributed by atoms with Crippen molar-refractivity contribution >= 4 is 0 Å². The monoisotopic (exact) mass is 214 g/mol. The van der Waals surface area contributed by atoms with Gasteiger partial charge in [-0.2, -0.15) is 0 Å². The third kappa shape index (κ3) is 5.50. The molecule has 1 aliphatic rings. The summed E-state index contributed by atoms with van der Waals surface area (Å²) in [7, 11) is 2.21. The minimum absolute atomic E-state index is 0.348. The molecule has 0 radical (unpaired) electrons. The van der Waals surface area contributed by atoms with Crippen molar-refractivity contribution < 1.29 is 4.74 Å². The number of ether oxygens (including phenoxy) is 1. The summed E-state index contributed by atoms with van der Waals surface area (Å²) in [5, 5.41) is 3.51. The van der Waals surface area contributed by atoms with Crippen LogP contribution in [-0.4, -0.2) is 50.8 Å². The lowest BCUT2D eigenvalue weighted by Crippen LogP contribution is -2.37. The van der Waals surface area contributed by atoms with Crippen molar-refractivity contribution in [2.75, 3.05) is 39.8 Å². The maximum Gasteiger partial charge on any atom is 0.0671 e. The minimum atomic E-state index is 0.348. The van der Waals surface area contributed by atoms with Gasteiger partial charge in [-0.1, -0.05) is 0 Å². The molecule has 0 aromatic carbocycles. The lowest BCUT2D eigenvalue weighted by Gasteiger charge is -2.29. The molecule has 3 heteroatoms. The van der Waals surface area contributed by atoms with Crippen LogP contribution in [0.5, 0.6) is 0 Å². The van der Waals surface area contributed by atoms with Crippen LogP contribution >= 0.6 is 0 Å². The highest BCUT2D eigenvalue weighted by Crippen LogP contribution is 2.14. The molecule has 1 atom stereocenters. The molecule has 0 aromatic heterocycles. The van der Waals surface area contributed by atoms with E-state index in [2.05, 4.69) is 24.2 Å². The summed E-state index contributed by atoms with van der Waals surface area (Å²) in [5.74, 6) is 0.870. The number of rotatable bonds is 6. The first kappa shape index (κ1) is 12.9. The van der Waals surface area contributed by atoms with E-state index in [1.165, 1.54) is 25.9 Å². The molecule has 0 bridgehead atoms. The van der Waals surface area contributed by atoms with E-state index in [1.807, 2.05) is 6.92 Å². The molecule has 90 valence electrons.